The van der Waals surface area contributed by atoms with Crippen LogP contribution in [0, 0.1) is 17.2 Å². The van der Waals surface area contributed by atoms with Crippen LogP contribution >= 0.6 is 0 Å². The summed E-state index contributed by atoms with van der Waals surface area (Å²) in [5, 5.41) is 21.0. The monoisotopic (exact) mass is 259 g/mol. The summed E-state index contributed by atoms with van der Waals surface area (Å²) in [7, 11) is 0. The summed E-state index contributed by atoms with van der Waals surface area (Å²) in [5.74, 6) is -0.613. The summed E-state index contributed by atoms with van der Waals surface area (Å²) in [6, 6.07) is 4.05. The highest BCUT2D eigenvalue weighted by Gasteiger charge is 2.16. The lowest BCUT2D eigenvalue weighted by Gasteiger charge is -2.11. The molecule has 0 fully saturated rings. The van der Waals surface area contributed by atoms with Crippen LogP contribution in [0.25, 0.3) is 0 Å². The van der Waals surface area contributed by atoms with Crippen molar-refractivity contribution in [2.45, 2.75) is 32.6 Å². The fraction of sp³-hybridized carbons (Fsp3) is 0.500. The Balaban J connectivity index is 2.04. The van der Waals surface area contributed by atoms with Crippen molar-refractivity contribution in [3.8, 4) is 6.07 Å². The van der Waals surface area contributed by atoms with Gasteiger partial charge in [-0.1, -0.05) is 6.92 Å². The Morgan fingerprint density at radius 1 is 1.63 bits per heavy atom. The summed E-state index contributed by atoms with van der Waals surface area (Å²) < 4.78 is 0. The third-order valence-corrected chi connectivity index (χ3v) is 3.46. The Morgan fingerprint density at radius 3 is 3.11 bits per heavy atom. The fourth-order valence-corrected chi connectivity index (χ4v) is 2.22. The number of carbonyl (C=O) groups is 1. The van der Waals surface area contributed by atoms with Crippen LogP contribution in [-0.4, -0.2) is 22.6 Å². The van der Waals surface area contributed by atoms with Crippen molar-refractivity contribution in [2.24, 2.45) is 5.92 Å². The molecule has 1 atom stereocenters. The summed E-state index contributed by atoms with van der Waals surface area (Å²) >= 11 is 0. The summed E-state index contributed by atoms with van der Waals surface area (Å²) in [5.41, 5.74) is 2.78. The molecule has 0 radical (unpaired) electrons. The molecule has 1 aliphatic carbocycles. The minimum absolute atomic E-state index is 0.396. The number of aromatic nitrogens is 1. The zero-order chi connectivity index (χ0) is 13.8. The van der Waals surface area contributed by atoms with Crippen LogP contribution in [0.2, 0.25) is 0 Å². The Morgan fingerprint density at radius 2 is 2.42 bits per heavy atom. The highest BCUT2D eigenvalue weighted by molar-refractivity contribution is 5.69. The topological polar surface area (TPSA) is 86.0 Å². The number of fused-ring (bicyclic) bond motifs is 1. The standard InChI is InChI=1S/C14H17N3O2/c1-9(14(18)19)5-6-16-13-11(8-15)7-10-3-2-4-12(10)17-13/h7,9H,2-6H2,1H3,(H,16,17)(H,18,19). The lowest BCUT2D eigenvalue weighted by Crippen LogP contribution is -2.15. The third-order valence-electron chi connectivity index (χ3n) is 3.46. The first kappa shape index (κ1) is 13.3. The molecule has 2 N–H and O–H groups in total. The molecule has 1 aromatic rings. The van der Waals surface area contributed by atoms with E-state index in [1.54, 1.807) is 6.92 Å². The molecule has 1 aliphatic rings. The molecule has 1 unspecified atom stereocenters. The number of pyridine rings is 1. The van der Waals surface area contributed by atoms with Crippen molar-refractivity contribution in [1.82, 2.24) is 4.98 Å². The van der Waals surface area contributed by atoms with Gasteiger partial charge in [0.1, 0.15) is 11.9 Å². The largest absolute Gasteiger partial charge is 0.481 e. The maximum Gasteiger partial charge on any atom is 0.306 e. The van der Waals surface area contributed by atoms with Crippen LogP contribution in [-0.2, 0) is 17.6 Å². The number of anilines is 1. The second-order valence-corrected chi connectivity index (χ2v) is 4.91. The minimum Gasteiger partial charge on any atom is -0.481 e. The molecule has 0 aliphatic heterocycles. The van der Waals surface area contributed by atoms with Gasteiger partial charge in [0.15, 0.2) is 0 Å². The van der Waals surface area contributed by atoms with Gasteiger partial charge in [-0.2, -0.15) is 5.26 Å². The summed E-state index contributed by atoms with van der Waals surface area (Å²) in [6.45, 7) is 2.18. The maximum atomic E-state index is 10.7. The number of nitrogens with one attached hydrogen (secondary N) is 1. The van der Waals surface area contributed by atoms with Crippen LogP contribution in [0.3, 0.4) is 0 Å². The average molecular weight is 259 g/mol. The zero-order valence-electron chi connectivity index (χ0n) is 10.9. The van der Waals surface area contributed by atoms with Gasteiger partial charge in [-0.3, -0.25) is 4.79 Å². The first-order chi connectivity index (χ1) is 9.11. The maximum absolute atomic E-state index is 10.7. The van der Waals surface area contributed by atoms with Gasteiger partial charge >= 0.3 is 5.97 Å². The number of carboxylic acids is 1. The van der Waals surface area contributed by atoms with E-state index in [-0.39, 0.29) is 0 Å². The van der Waals surface area contributed by atoms with Crippen LogP contribution in [0.1, 0.15) is 36.6 Å². The summed E-state index contributed by atoms with van der Waals surface area (Å²) in [4.78, 5) is 15.2. The molecular formula is C14H17N3O2. The first-order valence-corrected chi connectivity index (χ1v) is 6.51. The van der Waals surface area contributed by atoms with E-state index in [2.05, 4.69) is 16.4 Å². The smallest absolute Gasteiger partial charge is 0.306 e. The molecule has 0 saturated heterocycles. The molecule has 100 valence electrons. The molecule has 0 saturated carbocycles. The number of nitriles is 1. The first-order valence-electron chi connectivity index (χ1n) is 6.51. The van der Waals surface area contributed by atoms with Crippen molar-refractivity contribution in [1.29, 1.82) is 5.26 Å². The van der Waals surface area contributed by atoms with Gasteiger partial charge in [0, 0.05) is 12.2 Å². The average Bonchev–Trinajstić information content (AvgIpc) is 2.84. The van der Waals surface area contributed by atoms with E-state index in [1.807, 2.05) is 6.07 Å². The Labute approximate surface area is 112 Å². The van der Waals surface area contributed by atoms with Crippen molar-refractivity contribution in [3.05, 3.63) is 22.9 Å². The van der Waals surface area contributed by atoms with Gasteiger partial charge in [-0.15, -0.1) is 0 Å². The quantitative estimate of drug-likeness (QED) is 0.844. The molecular weight excluding hydrogens is 242 g/mol. The SMILES string of the molecule is CC(CCNc1nc2c(cc1C#N)CCC2)C(=O)O. The van der Waals surface area contributed by atoms with Crippen molar-refractivity contribution < 1.29 is 9.90 Å². The lowest BCUT2D eigenvalue weighted by atomic mass is 10.1. The van der Waals surface area contributed by atoms with Gasteiger partial charge in [0.25, 0.3) is 0 Å². The van der Waals surface area contributed by atoms with Crippen molar-refractivity contribution >= 4 is 11.8 Å². The fourth-order valence-electron chi connectivity index (χ4n) is 2.22. The van der Waals surface area contributed by atoms with Gasteiger partial charge in [0.2, 0.25) is 0 Å². The molecule has 1 heterocycles. The van der Waals surface area contributed by atoms with E-state index in [1.165, 1.54) is 5.56 Å². The van der Waals surface area contributed by atoms with Gasteiger partial charge in [0.05, 0.1) is 11.5 Å². The predicted octanol–water partition coefficient (Wildman–Crippen LogP) is 1.96. The normalized spacial score (nSPS) is 14.5. The highest BCUT2D eigenvalue weighted by atomic mass is 16.4. The number of aliphatic carboxylic acids is 1. The van der Waals surface area contributed by atoms with Crippen molar-refractivity contribution in [3.63, 3.8) is 0 Å². The van der Waals surface area contributed by atoms with Crippen molar-refractivity contribution in [2.75, 3.05) is 11.9 Å². The molecule has 0 aromatic carbocycles. The molecule has 2 rings (SSSR count). The second-order valence-electron chi connectivity index (χ2n) is 4.91. The Hall–Kier alpha value is -2.09. The van der Waals surface area contributed by atoms with E-state index < -0.39 is 11.9 Å². The number of rotatable bonds is 5. The van der Waals surface area contributed by atoms with Gasteiger partial charge in [-0.25, -0.2) is 4.98 Å². The van der Waals surface area contributed by atoms with E-state index in [0.717, 1.165) is 25.0 Å². The van der Waals surface area contributed by atoms with Gasteiger partial charge in [-0.05, 0) is 37.3 Å². The molecule has 0 spiro atoms. The number of carboxylic acid groups (broad SMARTS) is 1. The van der Waals surface area contributed by atoms with E-state index in [9.17, 15) is 4.79 Å². The van der Waals surface area contributed by atoms with E-state index >= 15 is 0 Å². The molecule has 0 amide bonds. The molecule has 5 heteroatoms. The number of aryl methyl sites for hydroxylation is 2. The highest BCUT2D eigenvalue weighted by Crippen LogP contribution is 2.24. The van der Waals surface area contributed by atoms with Crippen LogP contribution in [0.5, 0.6) is 0 Å². The predicted molar refractivity (Wildman–Crippen MR) is 70.9 cm³/mol. The third kappa shape index (κ3) is 3.02. The van der Waals surface area contributed by atoms with E-state index in [0.29, 0.717) is 24.3 Å². The number of nitrogens with zero attached hydrogens (tertiary/aromatic N) is 2. The Bertz CT molecular complexity index is 534. The molecule has 19 heavy (non-hydrogen) atoms. The number of hydrogen-bond donors (Lipinski definition) is 2. The van der Waals surface area contributed by atoms with Crippen LogP contribution in [0.15, 0.2) is 6.07 Å². The van der Waals surface area contributed by atoms with Gasteiger partial charge < -0.3 is 10.4 Å². The molecule has 1 aromatic heterocycles. The zero-order valence-corrected chi connectivity index (χ0v) is 10.9. The Kier molecular flexibility index (Phi) is 4.00. The van der Waals surface area contributed by atoms with Crippen LogP contribution in [0.4, 0.5) is 5.82 Å². The van der Waals surface area contributed by atoms with Crippen LogP contribution < -0.4 is 5.32 Å². The minimum atomic E-state index is -0.802. The molecule has 0 bridgehead atoms. The second kappa shape index (κ2) is 5.70. The van der Waals surface area contributed by atoms with E-state index in [4.69, 9.17) is 10.4 Å². The molecule has 5 nitrogen and oxygen atoms in total. The summed E-state index contributed by atoms with van der Waals surface area (Å²) in [6.07, 6.45) is 3.56. The lowest BCUT2D eigenvalue weighted by molar-refractivity contribution is -0.141. The number of hydrogen-bond acceptors (Lipinski definition) is 4.